The quantitative estimate of drug-likeness (QED) is 0.484. The number of methoxy groups -OCH3 is 1. The molecule has 10 heteroatoms. The lowest BCUT2D eigenvalue weighted by molar-refractivity contribution is -0.116. The third-order valence-corrected chi connectivity index (χ3v) is 6.69. The van der Waals surface area contributed by atoms with E-state index in [1.807, 2.05) is 18.2 Å². The molecule has 3 aliphatic rings. The second-order valence-corrected chi connectivity index (χ2v) is 8.97. The van der Waals surface area contributed by atoms with Crippen molar-refractivity contribution in [2.24, 2.45) is 0 Å². The van der Waals surface area contributed by atoms with E-state index in [0.717, 1.165) is 16.9 Å². The van der Waals surface area contributed by atoms with Gasteiger partial charge < -0.3 is 30.2 Å². The van der Waals surface area contributed by atoms with Crippen LogP contribution in [0.2, 0.25) is 5.02 Å². The molecule has 3 atom stereocenters. The van der Waals surface area contributed by atoms with Gasteiger partial charge in [0.1, 0.15) is 34.9 Å². The van der Waals surface area contributed by atoms with E-state index in [9.17, 15) is 9.59 Å². The molecule has 0 unspecified atom stereocenters. The molecular weight excluding hydrogens is 472 g/mol. The van der Waals surface area contributed by atoms with Crippen LogP contribution in [0.15, 0.2) is 48.7 Å². The average Bonchev–Trinajstić information content (AvgIpc) is 3.36. The number of fused-ring (bicyclic) bond motifs is 4. The molecule has 2 aliphatic heterocycles. The standard InChI is InChI=1S/C25H21ClN4O5/c1-33-12-2-5-17(16(26)11-12)28-25(32)30-22-21-15-10-13(3-6-18(15)35-23(21)22)34-19-8-9-27-24-14(19)4-7-20(31)29-24/h2-3,5-6,8-11,21-23H,4,7H2,1H3,(H,27,29,31)(H2,28,30,32)/t21-,22-,23-/m0/s1. The van der Waals surface area contributed by atoms with Crippen LogP contribution in [0.5, 0.6) is 23.0 Å². The van der Waals surface area contributed by atoms with Gasteiger partial charge in [-0.2, -0.15) is 0 Å². The topological polar surface area (TPSA) is 111 Å². The molecule has 1 aromatic heterocycles. The van der Waals surface area contributed by atoms with Gasteiger partial charge in [-0.15, -0.1) is 0 Å². The first-order valence-electron chi connectivity index (χ1n) is 11.2. The Hall–Kier alpha value is -3.98. The van der Waals surface area contributed by atoms with Crippen LogP contribution in [0, 0.1) is 0 Å². The summed E-state index contributed by atoms with van der Waals surface area (Å²) in [7, 11) is 1.55. The highest BCUT2D eigenvalue weighted by Crippen LogP contribution is 2.54. The zero-order chi connectivity index (χ0) is 24.1. The van der Waals surface area contributed by atoms with Gasteiger partial charge in [-0.05, 0) is 42.8 Å². The number of nitrogens with one attached hydrogen (secondary N) is 3. The van der Waals surface area contributed by atoms with Crippen molar-refractivity contribution in [3.63, 3.8) is 0 Å². The number of pyridine rings is 1. The van der Waals surface area contributed by atoms with E-state index < -0.39 is 0 Å². The molecule has 0 saturated heterocycles. The number of rotatable bonds is 5. The van der Waals surface area contributed by atoms with Gasteiger partial charge in [0.25, 0.3) is 0 Å². The fraction of sp³-hybridized carbons (Fsp3) is 0.240. The van der Waals surface area contributed by atoms with Crippen LogP contribution >= 0.6 is 11.6 Å². The lowest BCUT2D eigenvalue weighted by Gasteiger charge is -2.19. The van der Waals surface area contributed by atoms with Gasteiger partial charge in [-0.25, -0.2) is 9.78 Å². The van der Waals surface area contributed by atoms with Crippen molar-refractivity contribution in [2.75, 3.05) is 17.7 Å². The third kappa shape index (κ3) is 3.97. The summed E-state index contributed by atoms with van der Waals surface area (Å²) in [5.41, 5.74) is 2.35. The van der Waals surface area contributed by atoms with Crippen LogP contribution in [0.25, 0.3) is 0 Å². The van der Waals surface area contributed by atoms with Gasteiger partial charge >= 0.3 is 6.03 Å². The summed E-state index contributed by atoms with van der Waals surface area (Å²) in [5, 5.41) is 8.90. The summed E-state index contributed by atoms with van der Waals surface area (Å²) in [5.74, 6) is 3.23. The van der Waals surface area contributed by atoms with Crippen LogP contribution in [0.1, 0.15) is 23.5 Å². The van der Waals surface area contributed by atoms with E-state index in [1.54, 1.807) is 37.6 Å². The van der Waals surface area contributed by atoms with Crippen LogP contribution in [-0.2, 0) is 11.2 Å². The molecule has 35 heavy (non-hydrogen) atoms. The molecule has 0 spiro atoms. The average molecular weight is 493 g/mol. The Bertz CT molecular complexity index is 1360. The number of ether oxygens (including phenoxy) is 3. The molecule has 0 bridgehead atoms. The number of halogens is 1. The van der Waals surface area contributed by atoms with Crippen LogP contribution in [-0.4, -0.2) is 36.2 Å². The molecule has 1 aliphatic carbocycles. The Labute approximate surface area is 205 Å². The van der Waals surface area contributed by atoms with Crippen LogP contribution < -0.4 is 30.2 Å². The molecule has 1 fully saturated rings. The van der Waals surface area contributed by atoms with Crippen molar-refractivity contribution in [2.45, 2.75) is 30.9 Å². The number of nitrogens with zero attached hydrogens (tertiary/aromatic N) is 1. The smallest absolute Gasteiger partial charge is 0.319 e. The van der Waals surface area contributed by atoms with Crippen molar-refractivity contribution in [1.29, 1.82) is 0 Å². The second kappa shape index (κ2) is 8.35. The number of aromatic nitrogens is 1. The summed E-state index contributed by atoms with van der Waals surface area (Å²) >= 11 is 6.22. The highest BCUT2D eigenvalue weighted by molar-refractivity contribution is 6.33. The van der Waals surface area contributed by atoms with Crippen LogP contribution in [0.4, 0.5) is 16.3 Å². The van der Waals surface area contributed by atoms with E-state index >= 15 is 0 Å². The van der Waals surface area contributed by atoms with Gasteiger partial charge in [0, 0.05) is 29.8 Å². The van der Waals surface area contributed by atoms with E-state index in [4.69, 9.17) is 25.8 Å². The number of hydrogen-bond donors (Lipinski definition) is 3. The molecule has 3 amide bonds. The maximum atomic E-state index is 12.6. The highest BCUT2D eigenvalue weighted by Gasteiger charge is 2.59. The molecule has 9 nitrogen and oxygen atoms in total. The predicted molar refractivity (Wildman–Crippen MR) is 129 cm³/mol. The highest BCUT2D eigenvalue weighted by atomic mass is 35.5. The van der Waals surface area contributed by atoms with E-state index in [1.165, 1.54) is 0 Å². The maximum absolute atomic E-state index is 12.6. The number of benzene rings is 2. The second-order valence-electron chi connectivity index (χ2n) is 8.56. The summed E-state index contributed by atoms with van der Waals surface area (Å²) in [6.45, 7) is 0. The fourth-order valence-electron chi connectivity index (χ4n) is 4.59. The van der Waals surface area contributed by atoms with Gasteiger partial charge in [0.2, 0.25) is 5.91 Å². The van der Waals surface area contributed by atoms with Crippen molar-refractivity contribution in [3.05, 3.63) is 64.8 Å². The Kier molecular flexibility index (Phi) is 5.14. The first kappa shape index (κ1) is 21.5. The third-order valence-electron chi connectivity index (χ3n) is 6.38. The van der Waals surface area contributed by atoms with Gasteiger partial charge in [0.05, 0.1) is 29.8 Å². The number of amides is 3. The number of carbonyl (C=O) groups is 2. The predicted octanol–water partition coefficient (Wildman–Crippen LogP) is 4.47. The summed E-state index contributed by atoms with van der Waals surface area (Å²) in [6.07, 6.45) is 2.46. The Morgan fingerprint density at radius 1 is 1.17 bits per heavy atom. The lowest BCUT2D eigenvalue weighted by Crippen LogP contribution is -2.34. The van der Waals surface area contributed by atoms with Crippen molar-refractivity contribution < 1.29 is 23.8 Å². The number of anilines is 2. The Morgan fingerprint density at radius 2 is 2.03 bits per heavy atom. The van der Waals surface area contributed by atoms with Crippen molar-refractivity contribution >= 4 is 35.0 Å². The van der Waals surface area contributed by atoms with Gasteiger partial charge in [0.15, 0.2) is 0 Å². The fourth-order valence-corrected chi connectivity index (χ4v) is 4.81. The van der Waals surface area contributed by atoms with Crippen molar-refractivity contribution in [1.82, 2.24) is 10.3 Å². The molecule has 178 valence electrons. The molecule has 0 radical (unpaired) electrons. The molecule has 3 N–H and O–H groups in total. The summed E-state index contributed by atoms with van der Waals surface area (Å²) in [4.78, 5) is 28.5. The minimum Gasteiger partial charge on any atom is -0.497 e. The Balaban J connectivity index is 1.13. The number of urea groups is 1. The monoisotopic (exact) mass is 492 g/mol. The zero-order valence-electron chi connectivity index (χ0n) is 18.6. The van der Waals surface area contributed by atoms with E-state index in [0.29, 0.717) is 46.6 Å². The minimum atomic E-state index is -0.362. The lowest BCUT2D eigenvalue weighted by atomic mass is 10.1. The van der Waals surface area contributed by atoms with Crippen molar-refractivity contribution in [3.8, 4) is 23.0 Å². The first-order chi connectivity index (χ1) is 17.0. The molecule has 1 saturated carbocycles. The summed E-state index contributed by atoms with van der Waals surface area (Å²) < 4.78 is 17.3. The molecule has 6 rings (SSSR count). The SMILES string of the molecule is COc1ccc(NC(=O)N[C@@H]2[C@H]3Oc4ccc(Oc5ccnc6c5CCC(=O)N6)cc4[C@@H]23)c(Cl)c1. The molecule has 3 heterocycles. The van der Waals surface area contributed by atoms with Crippen LogP contribution in [0.3, 0.4) is 0 Å². The Morgan fingerprint density at radius 3 is 2.86 bits per heavy atom. The first-order valence-corrected chi connectivity index (χ1v) is 11.5. The largest absolute Gasteiger partial charge is 0.497 e. The summed E-state index contributed by atoms with van der Waals surface area (Å²) in [6, 6.07) is 12.0. The van der Waals surface area contributed by atoms with E-state index in [-0.39, 0.29) is 30.0 Å². The normalized spacial score (nSPS) is 21.0. The van der Waals surface area contributed by atoms with Gasteiger partial charge in [-0.1, -0.05) is 11.6 Å². The maximum Gasteiger partial charge on any atom is 0.319 e. The van der Waals surface area contributed by atoms with Gasteiger partial charge in [-0.3, -0.25) is 4.79 Å². The molecule has 3 aromatic rings. The minimum absolute atomic E-state index is 0.0382. The number of carbonyl (C=O) groups excluding carboxylic acids is 2. The number of hydrogen-bond acceptors (Lipinski definition) is 6. The van der Waals surface area contributed by atoms with E-state index in [2.05, 4.69) is 20.9 Å². The molecule has 2 aromatic carbocycles. The zero-order valence-corrected chi connectivity index (χ0v) is 19.4. The molecular formula is C25H21ClN4O5.